The molecule has 3 nitrogen and oxygen atoms in total. The zero-order valence-corrected chi connectivity index (χ0v) is 11.3. The summed E-state index contributed by atoms with van der Waals surface area (Å²) >= 11 is 5.99. The number of halogens is 1. The zero-order chi connectivity index (χ0) is 13.2. The van der Waals surface area contributed by atoms with Gasteiger partial charge in [-0.05, 0) is 29.8 Å². The first-order valence-corrected chi connectivity index (χ1v) is 6.39. The quantitative estimate of drug-likeness (QED) is 0.728. The number of hydrogen-bond donors (Lipinski definition) is 0. The lowest BCUT2D eigenvalue weighted by molar-refractivity contribution is 0.392. The molecule has 0 atom stereocenters. The normalized spacial score (nSPS) is 10.8. The standard InChI is InChI=1S/C15H13ClN2O/c1-19-15-7-3-6-14-17-13(10-18(14)15)9-11-4-2-5-12(16)8-11/h2-8,10H,9H2,1H3. The van der Waals surface area contributed by atoms with Crippen molar-refractivity contribution < 1.29 is 4.74 Å². The molecule has 3 aromatic rings. The molecule has 2 heterocycles. The predicted molar refractivity (Wildman–Crippen MR) is 76.0 cm³/mol. The lowest BCUT2D eigenvalue weighted by Crippen LogP contribution is -1.91. The molecule has 3 rings (SSSR count). The highest BCUT2D eigenvalue weighted by Gasteiger charge is 2.06. The SMILES string of the molecule is COc1cccc2nc(Cc3cccc(Cl)c3)cn12. The smallest absolute Gasteiger partial charge is 0.198 e. The van der Waals surface area contributed by atoms with E-state index in [9.17, 15) is 0 Å². The van der Waals surface area contributed by atoms with Crippen molar-refractivity contribution in [2.75, 3.05) is 7.11 Å². The Morgan fingerprint density at radius 3 is 2.84 bits per heavy atom. The number of methoxy groups -OCH3 is 1. The summed E-state index contributed by atoms with van der Waals surface area (Å²) < 4.78 is 7.26. The third kappa shape index (κ3) is 2.42. The minimum absolute atomic E-state index is 0.749. The van der Waals surface area contributed by atoms with E-state index >= 15 is 0 Å². The number of fused-ring (bicyclic) bond motifs is 1. The number of pyridine rings is 1. The van der Waals surface area contributed by atoms with Gasteiger partial charge in [0.2, 0.25) is 0 Å². The van der Waals surface area contributed by atoms with Crippen LogP contribution in [0.2, 0.25) is 5.02 Å². The number of aromatic nitrogens is 2. The highest BCUT2D eigenvalue weighted by Crippen LogP contribution is 2.18. The molecule has 0 spiro atoms. The maximum Gasteiger partial charge on any atom is 0.198 e. The van der Waals surface area contributed by atoms with E-state index in [1.807, 2.05) is 53.1 Å². The highest BCUT2D eigenvalue weighted by molar-refractivity contribution is 6.30. The Hall–Kier alpha value is -2.00. The van der Waals surface area contributed by atoms with Gasteiger partial charge in [-0.25, -0.2) is 4.98 Å². The fraction of sp³-hybridized carbons (Fsp3) is 0.133. The molecule has 0 bridgehead atoms. The summed E-state index contributed by atoms with van der Waals surface area (Å²) in [6.07, 6.45) is 2.75. The average Bonchev–Trinajstić information content (AvgIpc) is 2.80. The summed E-state index contributed by atoms with van der Waals surface area (Å²) in [4.78, 5) is 4.59. The molecule has 0 aliphatic rings. The van der Waals surface area contributed by atoms with Crippen molar-refractivity contribution in [2.45, 2.75) is 6.42 Å². The Labute approximate surface area is 116 Å². The Morgan fingerprint density at radius 2 is 2.05 bits per heavy atom. The fourth-order valence-corrected chi connectivity index (χ4v) is 2.36. The summed E-state index contributed by atoms with van der Waals surface area (Å²) in [5.41, 5.74) is 3.03. The number of rotatable bonds is 3. The first-order valence-electron chi connectivity index (χ1n) is 6.02. The predicted octanol–water partition coefficient (Wildman–Crippen LogP) is 3.59. The van der Waals surface area contributed by atoms with Crippen molar-refractivity contribution in [2.24, 2.45) is 0 Å². The lowest BCUT2D eigenvalue weighted by atomic mass is 10.1. The van der Waals surface area contributed by atoms with E-state index in [1.165, 1.54) is 0 Å². The van der Waals surface area contributed by atoms with E-state index in [4.69, 9.17) is 16.3 Å². The second-order valence-electron chi connectivity index (χ2n) is 4.34. The van der Waals surface area contributed by atoms with Crippen LogP contribution in [0.25, 0.3) is 5.65 Å². The van der Waals surface area contributed by atoms with Gasteiger partial charge in [0.25, 0.3) is 0 Å². The van der Waals surface area contributed by atoms with Gasteiger partial charge in [-0.15, -0.1) is 0 Å². The first-order chi connectivity index (χ1) is 9.26. The summed E-state index contributed by atoms with van der Waals surface area (Å²) in [6, 6.07) is 13.6. The second kappa shape index (κ2) is 4.94. The van der Waals surface area contributed by atoms with E-state index in [1.54, 1.807) is 7.11 Å². The van der Waals surface area contributed by atoms with Crippen LogP contribution in [-0.2, 0) is 6.42 Å². The van der Waals surface area contributed by atoms with Crippen LogP contribution in [0.15, 0.2) is 48.7 Å². The average molecular weight is 273 g/mol. The van der Waals surface area contributed by atoms with Crippen LogP contribution in [0.3, 0.4) is 0 Å². The molecule has 2 aromatic heterocycles. The lowest BCUT2D eigenvalue weighted by Gasteiger charge is -2.01. The molecule has 0 N–H and O–H groups in total. The van der Waals surface area contributed by atoms with E-state index in [0.29, 0.717) is 0 Å². The van der Waals surface area contributed by atoms with E-state index in [-0.39, 0.29) is 0 Å². The van der Waals surface area contributed by atoms with Crippen LogP contribution in [0.4, 0.5) is 0 Å². The van der Waals surface area contributed by atoms with Crippen LogP contribution in [0, 0.1) is 0 Å². The molecule has 0 amide bonds. The van der Waals surface area contributed by atoms with Crippen molar-refractivity contribution in [3.63, 3.8) is 0 Å². The number of benzene rings is 1. The molecule has 0 radical (unpaired) electrons. The Kier molecular flexibility index (Phi) is 3.13. The van der Waals surface area contributed by atoms with Gasteiger partial charge in [0.1, 0.15) is 5.65 Å². The number of imidazole rings is 1. The minimum atomic E-state index is 0.749. The van der Waals surface area contributed by atoms with Crippen molar-refractivity contribution in [1.82, 2.24) is 9.38 Å². The van der Waals surface area contributed by atoms with Crippen molar-refractivity contribution in [3.8, 4) is 5.88 Å². The van der Waals surface area contributed by atoms with Gasteiger partial charge in [0.05, 0.1) is 12.8 Å². The molecule has 0 aliphatic heterocycles. The van der Waals surface area contributed by atoms with Crippen molar-refractivity contribution in [1.29, 1.82) is 0 Å². The monoisotopic (exact) mass is 272 g/mol. The second-order valence-corrected chi connectivity index (χ2v) is 4.77. The zero-order valence-electron chi connectivity index (χ0n) is 10.5. The Morgan fingerprint density at radius 1 is 1.21 bits per heavy atom. The summed E-state index contributed by atoms with van der Waals surface area (Å²) in [7, 11) is 1.66. The van der Waals surface area contributed by atoms with Crippen LogP contribution >= 0.6 is 11.6 Å². The van der Waals surface area contributed by atoms with Gasteiger partial charge in [0.15, 0.2) is 5.88 Å². The molecule has 0 saturated carbocycles. The molecule has 0 fully saturated rings. The first kappa shape index (κ1) is 12.1. The van der Waals surface area contributed by atoms with Gasteiger partial charge in [-0.1, -0.05) is 29.8 Å². The molecule has 96 valence electrons. The fourth-order valence-electron chi connectivity index (χ4n) is 2.14. The maximum atomic E-state index is 5.99. The molecule has 4 heteroatoms. The van der Waals surface area contributed by atoms with Crippen LogP contribution in [0.1, 0.15) is 11.3 Å². The van der Waals surface area contributed by atoms with Crippen molar-refractivity contribution in [3.05, 3.63) is 64.9 Å². The van der Waals surface area contributed by atoms with E-state index in [0.717, 1.165) is 34.2 Å². The van der Waals surface area contributed by atoms with Crippen molar-refractivity contribution >= 4 is 17.2 Å². The third-order valence-corrected chi connectivity index (χ3v) is 3.22. The minimum Gasteiger partial charge on any atom is -0.482 e. The number of ether oxygens (including phenoxy) is 1. The molecular weight excluding hydrogens is 260 g/mol. The Bertz CT molecular complexity index is 721. The number of hydrogen-bond acceptors (Lipinski definition) is 2. The molecular formula is C15H13ClN2O. The summed E-state index contributed by atoms with van der Waals surface area (Å²) in [5, 5.41) is 0.749. The summed E-state index contributed by atoms with van der Waals surface area (Å²) in [6.45, 7) is 0. The van der Waals surface area contributed by atoms with Gasteiger partial charge in [-0.3, -0.25) is 4.40 Å². The molecule has 0 aliphatic carbocycles. The van der Waals surface area contributed by atoms with Gasteiger partial charge < -0.3 is 4.74 Å². The molecule has 1 aromatic carbocycles. The topological polar surface area (TPSA) is 26.5 Å². The van der Waals surface area contributed by atoms with E-state index < -0.39 is 0 Å². The third-order valence-electron chi connectivity index (χ3n) is 2.99. The van der Waals surface area contributed by atoms with Gasteiger partial charge >= 0.3 is 0 Å². The van der Waals surface area contributed by atoms with Gasteiger partial charge in [-0.2, -0.15) is 0 Å². The van der Waals surface area contributed by atoms with Crippen LogP contribution in [-0.4, -0.2) is 16.5 Å². The Balaban J connectivity index is 1.98. The largest absolute Gasteiger partial charge is 0.482 e. The number of nitrogens with zero attached hydrogens (tertiary/aromatic N) is 2. The summed E-state index contributed by atoms with van der Waals surface area (Å²) in [5.74, 6) is 0.780. The molecule has 19 heavy (non-hydrogen) atoms. The maximum absolute atomic E-state index is 5.99. The highest BCUT2D eigenvalue weighted by atomic mass is 35.5. The van der Waals surface area contributed by atoms with Gasteiger partial charge in [0, 0.05) is 17.6 Å². The molecule has 0 saturated heterocycles. The van der Waals surface area contributed by atoms with Crippen LogP contribution in [0.5, 0.6) is 5.88 Å². The molecule has 0 unspecified atom stereocenters. The van der Waals surface area contributed by atoms with Crippen LogP contribution < -0.4 is 4.74 Å². The van der Waals surface area contributed by atoms with E-state index in [2.05, 4.69) is 4.98 Å².